The molecule has 1 aliphatic heterocycles. The molecule has 2 rings (SSSR count). The summed E-state index contributed by atoms with van der Waals surface area (Å²) in [6.45, 7) is 11.0. The fourth-order valence-electron chi connectivity index (χ4n) is 3.01. The van der Waals surface area contributed by atoms with Crippen LogP contribution in [0.5, 0.6) is 5.75 Å². The zero-order chi connectivity index (χ0) is 17.0. The third kappa shape index (κ3) is 5.48. The SMILES string of the molecule is Cc1cc(C(C)(C)C)ccc1OC[C@@H](O)CN1CCC[C@H](O)C1. The fourth-order valence-corrected chi connectivity index (χ4v) is 3.01. The van der Waals surface area contributed by atoms with Crippen LogP contribution in [-0.4, -0.2) is 53.6 Å². The molecule has 0 radical (unpaired) electrons. The molecule has 23 heavy (non-hydrogen) atoms. The lowest BCUT2D eigenvalue weighted by Crippen LogP contribution is -2.43. The number of ether oxygens (including phenoxy) is 1. The summed E-state index contributed by atoms with van der Waals surface area (Å²) in [5, 5.41) is 19.8. The van der Waals surface area contributed by atoms with Gasteiger partial charge in [-0.15, -0.1) is 0 Å². The second kappa shape index (κ2) is 7.65. The number of β-amino-alcohol motifs (C(OH)–C–C–N with tert-alkyl or cyclic N) is 2. The fraction of sp³-hybridized carbons (Fsp3) is 0.684. The minimum absolute atomic E-state index is 0.123. The molecule has 1 saturated heterocycles. The molecular weight excluding hydrogens is 290 g/mol. The smallest absolute Gasteiger partial charge is 0.122 e. The summed E-state index contributed by atoms with van der Waals surface area (Å²) in [5.74, 6) is 0.829. The van der Waals surface area contributed by atoms with Gasteiger partial charge in [0.1, 0.15) is 18.5 Å². The lowest BCUT2D eigenvalue weighted by molar-refractivity contribution is 0.0242. The molecule has 2 N–H and O–H groups in total. The van der Waals surface area contributed by atoms with Crippen LogP contribution in [0.3, 0.4) is 0 Å². The van der Waals surface area contributed by atoms with Crippen molar-refractivity contribution < 1.29 is 14.9 Å². The van der Waals surface area contributed by atoms with Crippen LogP contribution in [0.25, 0.3) is 0 Å². The molecule has 0 aliphatic carbocycles. The van der Waals surface area contributed by atoms with Crippen molar-refractivity contribution in [3.05, 3.63) is 29.3 Å². The highest BCUT2D eigenvalue weighted by Gasteiger charge is 2.20. The van der Waals surface area contributed by atoms with Gasteiger partial charge >= 0.3 is 0 Å². The van der Waals surface area contributed by atoms with Gasteiger partial charge in [-0.05, 0) is 48.9 Å². The molecular formula is C19H31NO3. The Labute approximate surface area is 140 Å². The Balaban J connectivity index is 1.85. The molecule has 0 spiro atoms. The summed E-state index contributed by atoms with van der Waals surface area (Å²) in [7, 11) is 0. The second-order valence-corrected chi connectivity index (χ2v) is 7.75. The van der Waals surface area contributed by atoms with Crippen molar-refractivity contribution in [3.63, 3.8) is 0 Å². The number of nitrogens with zero attached hydrogens (tertiary/aromatic N) is 1. The van der Waals surface area contributed by atoms with Gasteiger partial charge < -0.3 is 14.9 Å². The Kier molecular flexibility index (Phi) is 6.06. The number of aliphatic hydroxyl groups is 2. The van der Waals surface area contributed by atoms with E-state index >= 15 is 0 Å². The Morgan fingerprint density at radius 1 is 1.35 bits per heavy atom. The quantitative estimate of drug-likeness (QED) is 0.875. The first-order valence-corrected chi connectivity index (χ1v) is 8.58. The van der Waals surface area contributed by atoms with Crippen molar-refractivity contribution in [1.29, 1.82) is 0 Å². The van der Waals surface area contributed by atoms with Gasteiger partial charge in [-0.2, -0.15) is 0 Å². The van der Waals surface area contributed by atoms with E-state index in [1.54, 1.807) is 0 Å². The normalized spacial score (nSPS) is 21.2. The third-order valence-electron chi connectivity index (χ3n) is 4.42. The highest BCUT2D eigenvalue weighted by molar-refractivity contribution is 5.38. The van der Waals surface area contributed by atoms with E-state index in [1.165, 1.54) is 5.56 Å². The van der Waals surface area contributed by atoms with Crippen molar-refractivity contribution in [2.24, 2.45) is 0 Å². The largest absolute Gasteiger partial charge is 0.491 e. The molecule has 1 aliphatic rings. The van der Waals surface area contributed by atoms with Crippen molar-refractivity contribution in [2.45, 2.75) is 58.2 Å². The molecule has 1 fully saturated rings. The first-order chi connectivity index (χ1) is 10.8. The molecule has 0 bridgehead atoms. The minimum Gasteiger partial charge on any atom is -0.491 e. The van der Waals surface area contributed by atoms with Crippen LogP contribution in [0.15, 0.2) is 18.2 Å². The molecule has 0 saturated carbocycles. The number of likely N-dealkylation sites (tertiary alicyclic amines) is 1. The lowest BCUT2D eigenvalue weighted by Gasteiger charge is -2.31. The number of benzene rings is 1. The van der Waals surface area contributed by atoms with E-state index in [0.717, 1.165) is 30.7 Å². The van der Waals surface area contributed by atoms with Gasteiger partial charge in [-0.25, -0.2) is 0 Å². The first-order valence-electron chi connectivity index (χ1n) is 8.58. The molecule has 4 nitrogen and oxygen atoms in total. The summed E-state index contributed by atoms with van der Waals surface area (Å²) in [6, 6.07) is 6.24. The van der Waals surface area contributed by atoms with E-state index in [-0.39, 0.29) is 18.1 Å². The maximum absolute atomic E-state index is 10.2. The average molecular weight is 321 g/mol. The standard InChI is InChI=1S/C19H31NO3/c1-14-10-15(19(2,3)4)7-8-18(14)23-13-17(22)12-20-9-5-6-16(21)11-20/h7-8,10,16-17,21-22H,5-6,9,11-13H2,1-4H3/t16-,17-/m0/s1. The van der Waals surface area contributed by atoms with E-state index in [4.69, 9.17) is 4.74 Å². The van der Waals surface area contributed by atoms with E-state index in [0.29, 0.717) is 13.1 Å². The van der Waals surface area contributed by atoms with Gasteiger partial charge in [0.2, 0.25) is 0 Å². The van der Waals surface area contributed by atoms with Gasteiger partial charge in [-0.1, -0.05) is 32.9 Å². The van der Waals surface area contributed by atoms with Crippen molar-refractivity contribution in [3.8, 4) is 5.75 Å². The Morgan fingerprint density at radius 2 is 2.09 bits per heavy atom. The predicted molar refractivity (Wildman–Crippen MR) is 93.1 cm³/mol. The van der Waals surface area contributed by atoms with Crippen LogP contribution in [0.1, 0.15) is 44.7 Å². The first kappa shape index (κ1) is 18.2. The summed E-state index contributed by atoms with van der Waals surface area (Å²) in [6.07, 6.45) is 1.05. The van der Waals surface area contributed by atoms with Crippen LogP contribution in [0.4, 0.5) is 0 Å². The van der Waals surface area contributed by atoms with E-state index in [9.17, 15) is 10.2 Å². The van der Waals surface area contributed by atoms with Crippen LogP contribution in [-0.2, 0) is 5.41 Å². The number of rotatable bonds is 5. The topological polar surface area (TPSA) is 52.9 Å². The number of aliphatic hydroxyl groups excluding tert-OH is 2. The summed E-state index contributed by atoms with van der Waals surface area (Å²) in [5.41, 5.74) is 2.50. The van der Waals surface area contributed by atoms with Crippen LogP contribution in [0, 0.1) is 6.92 Å². The van der Waals surface area contributed by atoms with Crippen molar-refractivity contribution in [2.75, 3.05) is 26.2 Å². The monoisotopic (exact) mass is 321 g/mol. The second-order valence-electron chi connectivity index (χ2n) is 7.75. The van der Waals surface area contributed by atoms with Crippen molar-refractivity contribution >= 4 is 0 Å². The minimum atomic E-state index is -0.540. The Bertz CT molecular complexity index is 510. The Morgan fingerprint density at radius 3 is 2.70 bits per heavy atom. The summed E-state index contributed by atoms with van der Waals surface area (Å²) in [4.78, 5) is 2.11. The zero-order valence-electron chi connectivity index (χ0n) is 14.9. The van der Waals surface area contributed by atoms with Crippen LogP contribution >= 0.6 is 0 Å². The van der Waals surface area contributed by atoms with E-state index in [1.807, 2.05) is 13.0 Å². The molecule has 1 aromatic carbocycles. The lowest BCUT2D eigenvalue weighted by atomic mass is 9.86. The molecule has 4 heteroatoms. The molecule has 1 aromatic rings. The summed E-state index contributed by atoms with van der Waals surface area (Å²) < 4.78 is 5.80. The number of aryl methyl sites for hydroxylation is 1. The predicted octanol–water partition coefficient (Wildman–Crippen LogP) is 2.49. The van der Waals surface area contributed by atoms with Gasteiger partial charge in [0.25, 0.3) is 0 Å². The highest BCUT2D eigenvalue weighted by Crippen LogP contribution is 2.27. The van der Waals surface area contributed by atoms with Crippen LogP contribution in [0.2, 0.25) is 0 Å². The molecule has 130 valence electrons. The van der Waals surface area contributed by atoms with Crippen LogP contribution < -0.4 is 4.74 Å². The molecule has 0 amide bonds. The average Bonchev–Trinajstić information content (AvgIpc) is 2.45. The zero-order valence-corrected chi connectivity index (χ0v) is 14.9. The molecule has 2 atom stereocenters. The van der Waals surface area contributed by atoms with E-state index < -0.39 is 6.10 Å². The number of piperidine rings is 1. The number of hydrogen-bond acceptors (Lipinski definition) is 4. The molecule has 1 heterocycles. The maximum Gasteiger partial charge on any atom is 0.122 e. The highest BCUT2D eigenvalue weighted by atomic mass is 16.5. The van der Waals surface area contributed by atoms with Gasteiger partial charge in [0.15, 0.2) is 0 Å². The molecule has 0 aromatic heterocycles. The Hall–Kier alpha value is -1.10. The molecule has 0 unspecified atom stereocenters. The number of hydrogen-bond donors (Lipinski definition) is 2. The third-order valence-corrected chi connectivity index (χ3v) is 4.42. The van der Waals surface area contributed by atoms with E-state index in [2.05, 4.69) is 37.8 Å². The van der Waals surface area contributed by atoms with Gasteiger partial charge in [-0.3, -0.25) is 4.90 Å². The maximum atomic E-state index is 10.2. The van der Waals surface area contributed by atoms with Gasteiger partial charge in [0.05, 0.1) is 6.10 Å². The van der Waals surface area contributed by atoms with Crippen molar-refractivity contribution in [1.82, 2.24) is 4.90 Å². The van der Waals surface area contributed by atoms with Gasteiger partial charge in [0, 0.05) is 13.1 Å². The summed E-state index contributed by atoms with van der Waals surface area (Å²) >= 11 is 0.